The summed E-state index contributed by atoms with van der Waals surface area (Å²) in [6, 6.07) is 5.15. The molecule has 0 saturated heterocycles. The molecule has 5 heteroatoms. The van der Waals surface area contributed by atoms with Crippen molar-refractivity contribution in [1.29, 1.82) is 0 Å². The average molecular weight is 243 g/mol. The maximum atomic E-state index is 12.4. The van der Waals surface area contributed by atoms with Crippen molar-refractivity contribution in [3.05, 3.63) is 29.3 Å². The van der Waals surface area contributed by atoms with Crippen LogP contribution in [0.1, 0.15) is 17.5 Å². The number of hydrogen-bond donors (Lipinski definition) is 0. The van der Waals surface area contributed by atoms with E-state index >= 15 is 0 Å². The van der Waals surface area contributed by atoms with Crippen LogP contribution in [0.3, 0.4) is 0 Å². The zero-order valence-corrected chi connectivity index (χ0v) is 9.34. The van der Waals surface area contributed by atoms with Crippen LogP contribution >= 0.6 is 0 Å². The van der Waals surface area contributed by atoms with E-state index in [9.17, 15) is 18.0 Å². The molecule has 0 saturated carbocycles. The van der Waals surface area contributed by atoms with Crippen molar-refractivity contribution >= 4 is 11.6 Å². The molecular weight excluding hydrogens is 231 g/mol. The highest BCUT2D eigenvalue weighted by Crippen LogP contribution is 2.31. The van der Waals surface area contributed by atoms with Crippen molar-refractivity contribution in [2.45, 2.75) is 25.9 Å². The summed E-state index contributed by atoms with van der Waals surface area (Å²) in [5, 5.41) is 0. The molecule has 1 aromatic rings. The lowest BCUT2D eigenvalue weighted by Gasteiger charge is -2.30. The molecule has 0 N–H and O–H groups in total. The first-order valence-electron chi connectivity index (χ1n) is 5.38. The molecule has 1 aromatic carbocycles. The number of hydrogen-bond acceptors (Lipinski definition) is 1. The van der Waals surface area contributed by atoms with Gasteiger partial charge in [-0.25, -0.2) is 0 Å². The number of aryl methyl sites for hydroxylation is 2. The van der Waals surface area contributed by atoms with Gasteiger partial charge in [0.05, 0.1) is 0 Å². The summed E-state index contributed by atoms with van der Waals surface area (Å²) in [5.74, 6) is -1.78. The molecule has 1 amide bonds. The van der Waals surface area contributed by atoms with E-state index in [-0.39, 0.29) is 6.54 Å². The Morgan fingerprint density at radius 1 is 1.35 bits per heavy atom. The predicted molar refractivity (Wildman–Crippen MR) is 57.9 cm³/mol. The van der Waals surface area contributed by atoms with Crippen molar-refractivity contribution in [1.82, 2.24) is 0 Å². The Morgan fingerprint density at radius 2 is 2.06 bits per heavy atom. The van der Waals surface area contributed by atoms with Gasteiger partial charge in [0.25, 0.3) is 0 Å². The SMILES string of the molecule is Cc1ccc2c(c1)CCCN2C(=O)C(F)(F)F. The van der Waals surface area contributed by atoms with E-state index in [0.717, 1.165) is 22.4 Å². The zero-order valence-electron chi connectivity index (χ0n) is 9.34. The van der Waals surface area contributed by atoms with Gasteiger partial charge in [-0.2, -0.15) is 13.2 Å². The molecule has 92 valence electrons. The first-order valence-corrected chi connectivity index (χ1v) is 5.38. The fourth-order valence-electron chi connectivity index (χ4n) is 2.09. The van der Waals surface area contributed by atoms with E-state index in [2.05, 4.69) is 0 Å². The van der Waals surface area contributed by atoms with Crippen LogP contribution < -0.4 is 4.90 Å². The molecule has 0 atom stereocenters. The first-order chi connectivity index (χ1) is 7.89. The number of rotatable bonds is 0. The van der Waals surface area contributed by atoms with E-state index in [1.807, 2.05) is 13.0 Å². The number of halogens is 3. The van der Waals surface area contributed by atoms with Crippen LogP contribution in [0, 0.1) is 6.92 Å². The van der Waals surface area contributed by atoms with E-state index in [1.165, 1.54) is 0 Å². The monoisotopic (exact) mass is 243 g/mol. The Labute approximate surface area is 97.0 Å². The van der Waals surface area contributed by atoms with E-state index in [4.69, 9.17) is 0 Å². The minimum atomic E-state index is -4.81. The molecule has 1 aliphatic heterocycles. The molecular formula is C12H12F3NO. The van der Waals surface area contributed by atoms with Crippen LogP contribution in [0.2, 0.25) is 0 Å². The molecule has 1 heterocycles. The number of fused-ring (bicyclic) bond motifs is 1. The lowest BCUT2D eigenvalue weighted by molar-refractivity contribution is -0.170. The van der Waals surface area contributed by atoms with Crippen LogP contribution in [0.4, 0.5) is 18.9 Å². The van der Waals surface area contributed by atoms with Crippen molar-refractivity contribution in [3.63, 3.8) is 0 Å². The summed E-state index contributed by atoms with van der Waals surface area (Å²) < 4.78 is 37.2. The molecule has 0 unspecified atom stereocenters. The zero-order chi connectivity index (χ0) is 12.6. The van der Waals surface area contributed by atoms with Gasteiger partial charge < -0.3 is 4.90 Å². The van der Waals surface area contributed by atoms with Crippen LogP contribution in [-0.2, 0) is 11.2 Å². The standard InChI is InChI=1S/C12H12F3NO/c1-8-4-5-10-9(7-8)3-2-6-16(10)11(17)12(13,14)15/h4-5,7H,2-3,6H2,1H3. The van der Waals surface area contributed by atoms with E-state index in [0.29, 0.717) is 12.1 Å². The molecule has 0 fully saturated rings. The molecule has 17 heavy (non-hydrogen) atoms. The van der Waals surface area contributed by atoms with E-state index < -0.39 is 12.1 Å². The van der Waals surface area contributed by atoms with Crippen molar-refractivity contribution < 1.29 is 18.0 Å². The van der Waals surface area contributed by atoms with Crippen LogP contribution in [-0.4, -0.2) is 18.6 Å². The second-order valence-electron chi connectivity index (χ2n) is 4.19. The summed E-state index contributed by atoms with van der Waals surface area (Å²) in [6.45, 7) is 2.01. The largest absolute Gasteiger partial charge is 0.471 e. The van der Waals surface area contributed by atoms with Gasteiger partial charge in [-0.1, -0.05) is 17.7 Å². The molecule has 2 rings (SSSR count). The summed E-state index contributed by atoms with van der Waals surface area (Å²) >= 11 is 0. The van der Waals surface area contributed by atoms with Gasteiger partial charge in [-0.05, 0) is 31.4 Å². The number of benzene rings is 1. The highest BCUT2D eigenvalue weighted by molar-refractivity contribution is 5.98. The third-order valence-corrected chi connectivity index (χ3v) is 2.84. The smallest absolute Gasteiger partial charge is 0.304 e. The number of amides is 1. The molecule has 0 radical (unpaired) electrons. The van der Waals surface area contributed by atoms with Crippen LogP contribution in [0.15, 0.2) is 18.2 Å². The summed E-state index contributed by atoms with van der Waals surface area (Å²) in [6.07, 6.45) is -3.52. The van der Waals surface area contributed by atoms with Crippen molar-refractivity contribution in [2.75, 3.05) is 11.4 Å². The van der Waals surface area contributed by atoms with Gasteiger partial charge in [0.1, 0.15) is 0 Å². The number of alkyl halides is 3. The number of nitrogens with zero attached hydrogens (tertiary/aromatic N) is 1. The highest BCUT2D eigenvalue weighted by Gasteiger charge is 2.43. The van der Waals surface area contributed by atoms with Crippen LogP contribution in [0.5, 0.6) is 0 Å². The molecule has 0 bridgehead atoms. The molecule has 1 aliphatic rings. The van der Waals surface area contributed by atoms with Gasteiger partial charge in [0, 0.05) is 12.2 Å². The molecule has 0 aromatic heterocycles. The Hall–Kier alpha value is -1.52. The van der Waals surface area contributed by atoms with Crippen molar-refractivity contribution in [3.8, 4) is 0 Å². The Balaban J connectivity index is 2.39. The van der Waals surface area contributed by atoms with Crippen LogP contribution in [0.25, 0.3) is 0 Å². The maximum absolute atomic E-state index is 12.4. The van der Waals surface area contributed by atoms with Gasteiger partial charge in [0.2, 0.25) is 0 Å². The second kappa shape index (κ2) is 4.05. The fraction of sp³-hybridized carbons (Fsp3) is 0.417. The molecule has 2 nitrogen and oxygen atoms in total. The molecule has 0 aliphatic carbocycles. The van der Waals surface area contributed by atoms with Gasteiger partial charge >= 0.3 is 12.1 Å². The second-order valence-corrected chi connectivity index (χ2v) is 4.19. The Morgan fingerprint density at radius 3 is 2.71 bits per heavy atom. The highest BCUT2D eigenvalue weighted by atomic mass is 19.4. The minimum Gasteiger partial charge on any atom is -0.304 e. The topological polar surface area (TPSA) is 20.3 Å². The van der Waals surface area contributed by atoms with E-state index in [1.54, 1.807) is 12.1 Å². The summed E-state index contributed by atoms with van der Waals surface area (Å²) in [5.41, 5.74) is 2.20. The Kier molecular flexibility index (Phi) is 2.85. The summed E-state index contributed by atoms with van der Waals surface area (Å²) in [4.78, 5) is 12.1. The average Bonchev–Trinajstić information content (AvgIpc) is 2.25. The quantitative estimate of drug-likeness (QED) is 0.686. The first kappa shape index (κ1) is 12.0. The predicted octanol–water partition coefficient (Wildman–Crippen LogP) is 2.84. The van der Waals surface area contributed by atoms with Gasteiger partial charge in [-0.15, -0.1) is 0 Å². The minimum absolute atomic E-state index is 0.133. The number of carbonyl (C=O) groups excluding carboxylic acids is 1. The Bertz CT molecular complexity index is 454. The lowest BCUT2D eigenvalue weighted by atomic mass is 9.99. The lowest BCUT2D eigenvalue weighted by Crippen LogP contribution is -2.43. The maximum Gasteiger partial charge on any atom is 0.471 e. The normalized spacial score (nSPS) is 15.6. The fourth-order valence-corrected chi connectivity index (χ4v) is 2.09. The summed E-state index contributed by atoms with van der Waals surface area (Å²) in [7, 11) is 0. The third kappa shape index (κ3) is 2.28. The number of carbonyl (C=O) groups is 1. The third-order valence-electron chi connectivity index (χ3n) is 2.84. The van der Waals surface area contributed by atoms with Gasteiger partial charge in [-0.3, -0.25) is 4.79 Å². The molecule has 0 spiro atoms. The van der Waals surface area contributed by atoms with Gasteiger partial charge in [0.15, 0.2) is 0 Å². The van der Waals surface area contributed by atoms with Crippen molar-refractivity contribution in [2.24, 2.45) is 0 Å². The number of anilines is 1.